The number of carbonyl (C=O) groups is 2. The largest absolute Gasteiger partial charge is 0.479 e. The van der Waals surface area contributed by atoms with Crippen molar-refractivity contribution >= 4 is 43.2 Å². The number of nitrogens with zero attached hydrogens (tertiary/aromatic N) is 4. The number of ether oxygens (including phenoxy) is 1. The summed E-state index contributed by atoms with van der Waals surface area (Å²) >= 11 is 0. The summed E-state index contributed by atoms with van der Waals surface area (Å²) in [7, 11) is -19.2. The van der Waals surface area contributed by atoms with Gasteiger partial charge in [-0.3, -0.25) is 0 Å². The minimum absolute atomic E-state index is 0.942. The maximum atomic E-state index is 10.8. The fraction of sp³-hybridized carbons (Fsp3) is 0.938. The molecule has 382 valence electrons. The fourth-order valence-corrected chi connectivity index (χ4v) is 6.16. The van der Waals surface area contributed by atoms with Gasteiger partial charge in [-0.1, -0.05) is 83.1 Å². The highest BCUT2D eigenvalue weighted by molar-refractivity contribution is 7.60. The van der Waals surface area contributed by atoms with Crippen molar-refractivity contribution in [2.45, 2.75) is 114 Å². The molecule has 0 amide bonds. The lowest BCUT2D eigenvalue weighted by Crippen LogP contribution is -2.57. The van der Waals surface area contributed by atoms with Gasteiger partial charge in [-0.15, -0.1) is 0 Å². The van der Waals surface area contributed by atoms with Crippen molar-refractivity contribution < 1.29 is 106 Å². The molecule has 0 saturated carbocycles. The quantitative estimate of drug-likeness (QED) is 0.0682. The molecule has 0 aromatic heterocycles. The molecule has 0 bridgehead atoms. The van der Waals surface area contributed by atoms with Gasteiger partial charge in [0.25, 0.3) is 0 Å². The van der Waals surface area contributed by atoms with E-state index in [0.717, 1.165) is 14.0 Å². The van der Waals surface area contributed by atoms with E-state index in [9.17, 15) is 38.1 Å². The molecule has 62 heavy (non-hydrogen) atoms. The van der Waals surface area contributed by atoms with Crippen molar-refractivity contribution in [2.24, 2.45) is 0 Å². The van der Waals surface area contributed by atoms with Gasteiger partial charge in [0.1, 0.15) is 12.2 Å². The van der Waals surface area contributed by atoms with Crippen molar-refractivity contribution in [3.8, 4) is 0 Å². The highest BCUT2D eigenvalue weighted by Crippen LogP contribution is 2.54. The lowest BCUT2D eigenvalue weighted by molar-refractivity contribution is -0.196. The topological polar surface area (TPSA) is 406 Å². The van der Waals surface area contributed by atoms with Crippen LogP contribution in [0.4, 0.5) is 0 Å². The number of hydrogen-bond acceptors (Lipinski definition) is 16. The van der Waals surface area contributed by atoms with Crippen molar-refractivity contribution in [3.05, 3.63) is 0 Å². The number of hydrogen-bond donors (Lipinski definition) is 13. The van der Waals surface area contributed by atoms with Gasteiger partial charge >= 0.3 is 43.2 Å². The van der Waals surface area contributed by atoms with E-state index in [2.05, 4.69) is 116 Å². The van der Waals surface area contributed by atoms with Gasteiger partial charge in [-0.25, -0.2) is 27.8 Å². The summed E-state index contributed by atoms with van der Waals surface area (Å²) in [6, 6.07) is 0. The van der Waals surface area contributed by atoms with Crippen LogP contribution in [0.5, 0.6) is 0 Å². The Balaban J connectivity index is -0.000000117. The van der Waals surface area contributed by atoms with E-state index in [-0.39, 0.29) is 0 Å². The van der Waals surface area contributed by atoms with Crippen LogP contribution < -0.4 is 0 Å². The van der Waals surface area contributed by atoms with Gasteiger partial charge in [0.05, 0.1) is 0 Å². The molecule has 0 fully saturated rings. The Morgan fingerprint density at radius 2 is 0.645 bits per heavy atom. The van der Waals surface area contributed by atoms with Crippen molar-refractivity contribution in [2.75, 3.05) is 85.6 Å². The van der Waals surface area contributed by atoms with E-state index >= 15 is 0 Å². The molecule has 0 aliphatic heterocycles. The highest BCUT2D eigenvalue weighted by atomic mass is 31.3. The van der Waals surface area contributed by atoms with Crippen LogP contribution in [-0.2, 0) is 41.2 Å². The third-order valence-electron chi connectivity index (χ3n) is 8.11. The first-order valence-corrected chi connectivity index (χ1v) is 25.7. The number of aliphatic carboxylic acids is 2. The summed E-state index contributed by atoms with van der Waals surface area (Å²) < 4.78 is 48.9. The van der Waals surface area contributed by atoms with Gasteiger partial charge in [-0.05, 0) is 85.5 Å². The zero-order valence-corrected chi connectivity index (χ0v) is 42.4. The van der Waals surface area contributed by atoms with Gasteiger partial charge in [0.2, 0.25) is 0 Å². The lowest BCUT2D eigenvalue weighted by atomic mass is 9.92. The Morgan fingerprint density at radius 3 is 0.710 bits per heavy atom. The summed E-state index contributed by atoms with van der Waals surface area (Å²) in [5.41, 5.74) is -2.21. The average molecular weight is 999 g/mol. The zero-order valence-electron chi connectivity index (χ0n) is 38.8. The third kappa shape index (κ3) is 51.8. The minimum atomic E-state index is -5.05. The summed E-state index contributed by atoms with van der Waals surface area (Å²) in [4.78, 5) is 92.6. The molecule has 0 aromatic carbocycles. The molecule has 0 unspecified atom stereocenters. The van der Waals surface area contributed by atoms with Gasteiger partial charge in [-0.2, -0.15) is 8.62 Å². The van der Waals surface area contributed by atoms with Crippen LogP contribution in [0, 0.1) is 0 Å². The van der Waals surface area contributed by atoms with E-state index in [1.54, 1.807) is 0 Å². The molecular formula is C32H82N4O22P4. The SMILES string of the molecule is CCN(CC)CC.CCN(CC)CC.CCN(CC)CC.CCN(CC)CC.CO[C@@](C)(C(=O)O)[C@@H](O)[C@@H](O)[C@H](O)C(=O)O.O=P(O)(O)OP(=O)(O)O.O=P(O)(O)OP(=O)(O)O. The maximum absolute atomic E-state index is 10.8. The van der Waals surface area contributed by atoms with E-state index in [1.807, 2.05) is 0 Å². The van der Waals surface area contributed by atoms with Crippen LogP contribution >= 0.6 is 31.3 Å². The summed E-state index contributed by atoms with van der Waals surface area (Å²) in [5, 5.41) is 44.8. The van der Waals surface area contributed by atoms with Crippen molar-refractivity contribution in [1.82, 2.24) is 19.6 Å². The Hall–Kier alpha value is -0.860. The first-order valence-electron chi connectivity index (χ1n) is 19.6. The number of carboxylic acids is 2. The second-order valence-electron chi connectivity index (χ2n) is 11.9. The number of carboxylic acid groups (broad SMARTS) is 2. The Labute approximate surface area is 367 Å². The Bertz CT molecular complexity index is 1100. The van der Waals surface area contributed by atoms with Crippen LogP contribution in [0.15, 0.2) is 0 Å². The normalized spacial score (nSPS) is 14.0. The lowest BCUT2D eigenvalue weighted by Gasteiger charge is -2.32. The second-order valence-corrected chi connectivity index (χ2v) is 17.2. The zero-order chi connectivity index (χ0) is 51.3. The molecule has 4 atom stereocenters. The molecule has 13 N–H and O–H groups in total. The second kappa shape index (κ2) is 41.6. The number of phosphoric acid groups is 4. The molecule has 0 spiro atoms. The molecule has 0 radical (unpaired) electrons. The smallest absolute Gasteiger partial charge is 0.478 e. The minimum Gasteiger partial charge on any atom is -0.479 e. The predicted molar refractivity (Wildman–Crippen MR) is 233 cm³/mol. The van der Waals surface area contributed by atoms with Crippen LogP contribution in [0.3, 0.4) is 0 Å². The van der Waals surface area contributed by atoms with Gasteiger partial charge in [0.15, 0.2) is 11.7 Å². The number of aliphatic hydroxyl groups is 3. The van der Waals surface area contributed by atoms with Gasteiger partial charge in [0, 0.05) is 7.11 Å². The molecule has 26 nitrogen and oxygen atoms in total. The molecule has 0 heterocycles. The van der Waals surface area contributed by atoms with Gasteiger partial charge < -0.3 is 89.0 Å². The number of methoxy groups -OCH3 is 1. The molecule has 0 aliphatic rings. The Morgan fingerprint density at radius 1 is 0.468 bits per heavy atom. The van der Waals surface area contributed by atoms with E-state index in [0.29, 0.717) is 0 Å². The van der Waals surface area contributed by atoms with E-state index in [4.69, 9.17) is 54.5 Å². The van der Waals surface area contributed by atoms with Crippen LogP contribution in [0.2, 0.25) is 0 Å². The summed E-state index contributed by atoms with van der Waals surface area (Å²) in [6.45, 7) is 41.4. The van der Waals surface area contributed by atoms with E-state index < -0.39 is 67.1 Å². The molecule has 30 heteroatoms. The summed E-state index contributed by atoms with van der Waals surface area (Å²) in [6.07, 6.45) is -6.58. The first-order chi connectivity index (χ1) is 28.0. The number of aliphatic hydroxyl groups excluding tert-OH is 3. The predicted octanol–water partition coefficient (Wildman–Crippen LogP) is 1.41. The van der Waals surface area contributed by atoms with Crippen molar-refractivity contribution in [1.29, 1.82) is 0 Å². The number of rotatable bonds is 22. The standard InChI is InChI=1S/C8H14O8.4C6H15N.2H4O7P2/c1-8(16-2,7(14)15)5(11)3(9)4(10)6(12)13;4*1-4-7(5-2)6-3;2*1-8(2,3)7-9(4,5)6/h3-5,9-11H,1-2H3,(H,12,13)(H,14,15);4*4-6H2,1-3H3;2*(H2,1,2,3)(H2,4,5,6)/t3-,4-,5-,8+;;;;;;/m0....../s1. The fourth-order valence-electron chi connectivity index (χ4n) is 3.94. The third-order valence-corrected chi connectivity index (χ3v) is 11.5. The molecular weight excluding hydrogens is 916 g/mol. The molecule has 0 aromatic rings. The van der Waals surface area contributed by atoms with E-state index in [1.165, 1.54) is 78.5 Å². The van der Waals surface area contributed by atoms with Crippen molar-refractivity contribution in [3.63, 3.8) is 0 Å². The van der Waals surface area contributed by atoms with Crippen LogP contribution in [0.25, 0.3) is 0 Å². The average Bonchev–Trinajstić information content (AvgIpc) is 3.15. The molecule has 0 aliphatic carbocycles. The maximum Gasteiger partial charge on any atom is 0.478 e. The Kier molecular flexibility index (Phi) is 50.6. The first kappa shape index (κ1) is 75.4. The molecule has 0 rings (SSSR count). The highest BCUT2D eigenvalue weighted by Gasteiger charge is 2.48. The molecule has 0 saturated heterocycles. The van der Waals surface area contributed by atoms with Crippen LogP contribution in [-0.4, -0.2) is 206 Å². The summed E-state index contributed by atoms with van der Waals surface area (Å²) in [5.74, 6) is -3.38. The monoisotopic (exact) mass is 998 g/mol. The van der Waals surface area contributed by atoms with Crippen LogP contribution in [0.1, 0.15) is 90.0 Å².